The Morgan fingerprint density at radius 2 is 1.00 bits per heavy atom. The third-order valence-electron chi connectivity index (χ3n) is 14.8. The predicted octanol–water partition coefficient (Wildman–Crippen LogP) is 18.7. The zero-order valence-corrected chi connectivity index (χ0v) is 39.6. The maximum atomic E-state index is 2.52. The van der Waals surface area contributed by atoms with E-state index >= 15 is 0 Å². The van der Waals surface area contributed by atoms with Crippen molar-refractivity contribution in [2.24, 2.45) is 0 Å². The van der Waals surface area contributed by atoms with E-state index in [2.05, 4.69) is 289 Å². The summed E-state index contributed by atoms with van der Waals surface area (Å²) in [6.07, 6.45) is 7.81. The average Bonchev–Trinajstić information content (AvgIpc) is 3.77. The monoisotopic (exact) mass is 906 g/mol. The maximum absolute atomic E-state index is 2.52. The number of rotatable bonds is 9. The van der Waals surface area contributed by atoms with Crippen LogP contribution in [0.15, 0.2) is 279 Å². The summed E-state index contributed by atoms with van der Waals surface area (Å²) in [5.74, 6) is 0. The molecule has 1 aliphatic carbocycles. The highest BCUT2D eigenvalue weighted by molar-refractivity contribution is 6.13. The van der Waals surface area contributed by atoms with Gasteiger partial charge in [0.05, 0.1) is 16.7 Å². The summed E-state index contributed by atoms with van der Waals surface area (Å²) in [5.41, 5.74) is 17.7. The molecular weight excluding hydrogens is 857 g/mol. The van der Waals surface area contributed by atoms with E-state index in [0.29, 0.717) is 0 Å². The van der Waals surface area contributed by atoms with E-state index in [-0.39, 0.29) is 5.41 Å². The summed E-state index contributed by atoms with van der Waals surface area (Å²) in [6.45, 7) is 2.41. The molecule has 2 heteroatoms. The van der Waals surface area contributed by atoms with E-state index in [0.717, 1.165) is 23.5 Å². The van der Waals surface area contributed by atoms with Crippen molar-refractivity contribution in [3.05, 3.63) is 284 Å². The lowest BCUT2D eigenvalue weighted by Crippen LogP contribution is -2.29. The Labute approximate surface area is 415 Å². The number of allylic oxidation sites excluding steroid dienone is 4. The third-order valence-corrected chi connectivity index (χ3v) is 14.8. The smallest absolute Gasteiger partial charge is 0.0541 e. The number of aromatic nitrogens is 1. The molecule has 0 saturated heterocycles. The van der Waals surface area contributed by atoms with Crippen LogP contribution >= 0.6 is 0 Å². The van der Waals surface area contributed by atoms with E-state index in [9.17, 15) is 0 Å². The number of hydrogen-bond donors (Lipinski definition) is 0. The molecular formula is C69H50N2. The van der Waals surface area contributed by atoms with Crippen molar-refractivity contribution >= 4 is 54.7 Å². The third kappa shape index (κ3) is 7.35. The van der Waals surface area contributed by atoms with Crippen molar-refractivity contribution in [2.45, 2.75) is 18.8 Å². The number of anilines is 2. The lowest BCUT2D eigenvalue weighted by atomic mass is 9.72. The Hall–Kier alpha value is -8.98. The second kappa shape index (κ2) is 17.5. The topological polar surface area (TPSA) is 8.17 Å². The normalized spacial score (nSPS) is 14.6. The maximum Gasteiger partial charge on any atom is 0.0541 e. The molecule has 0 N–H and O–H groups in total. The summed E-state index contributed by atoms with van der Waals surface area (Å²) < 4.78 is 2.39. The van der Waals surface area contributed by atoms with Gasteiger partial charge in [-0.05, 0) is 121 Å². The number of fused-ring (bicyclic) bond motifs is 6. The van der Waals surface area contributed by atoms with Gasteiger partial charge < -0.3 is 9.47 Å². The van der Waals surface area contributed by atoms with Gasteiger partial charge in [-0.2, -0.15) is 0 Å². The highest BCUT2D eigenvalue weighted by Crippen LogP contribution is 2.48. The quantitative estimate of drug-likeness (QED) is 0.131. The van der Waals surface area contributed by atoms with Gasteiger partial charge >= 0.3 is 0 Å². The molecule has 0 radical (unpaired) electrons. The van der Waals surface area contributed by atoms with Crippen molar-refractivity contribution < 1.29 is 0 Å². The summed E-state index contributed by atoms with van der Waals surface area (Å²) in [5, 5.41) is 7.54. The fraction of sp³-hybridized carbons (Fsp3) is 0.0435. The molecule has 1 unspecified atom stereocenters. The molecule has 2 nitrogen and oxygen atoms in total. The van der Waals surface area contributed by atoms with Gasteiger partial charge in [0.2, 0.25) is 0 Å². The van der Waals surface area contributed by atoms with Crippen LogP contribution in [0.25, 0.3) is 93.5 Å². The molecule has 0 amide bonds. The Bertz CT molecular complexity index is 4030. The molecule has 1 aliphatic rings. The number of para-hydroxylation sites is 3. The minimum Gasteiger partial charge on any atom is -0.314 e. The van der Waals surface area contributed by atoms with Crippen LogP contribution in [0.5, 0.6) is 0 Å². The number of hydrogen-bond acceptors (Lipinski definition) is 1. The van der Waals surface area contributed by atoms with Crippen LogP contribution in [0, 0.1) is 0 Å². The molecule has 0 aliphatic heterocycles. The molecule has 13 rings (SSSR count). The standard InChI is InChI=1S/C69H50N2/c1-69(65-34-15-12-30-62(65)60-29-11-10-27-55(60)48-20-4-2-5-21-48)45-19-25-54(47-69)70(53-41-37-50(38-42-53)57-32-18-33-59-56-26-9-8-22-49(56)39-43-61(57)59)66-35-16-13-28-58(66)51-40-44-68-64(46-51)63-31-14-17-36-67(63)71(68)52-23-6-3-7-24-52/h2-46H,47H2,1H3. The van der Waals surface area contributed by atoms with Gasteiger partial charge in [0.15, 0.2) is 0 Å². The molecule has 0 spiro atoms. The second-order valence-corrected chi connectivity index (χ2v) is 19.1. The van der Waals surface area contributed by atoms with Gasteiger partial charge in [-0.1, -0.05) is 225 Å². The molecule has 336 valence electrons. The zero-order chi connectivity index (χ0) is 47.3. The van der Waals surface area contributed by atoms with E-state index in [1.807, 2.05) is 0 Å². The Morgan fingerprint density at radius 3 is 1.83 bits per heavy atom. The van der Waals surface area contributed by atoms with Gasteiger partial charge in [-0.15, -0.1) is 0 Å². The largest absolute Gasteiger partial charge is 0.314 e. The fourth-order valence-electron chi connectivity index (χ4n) is 11.5. The number of nitrogens with zero attached hydrogens (tertiary/aromatic N) is 2. The molecule has 1 aromatic heterocycles. The lowest BCUT2D eigenvalue weighted by Gasteiger charge is -2.38. The van der Waals surface area contributed by atoms with Crippen molar-refractivity contribution in [3.8, 4) is 50.2 Å². The minimum atomic E-state index is -0.332. The van der Waals surface area contributed by atoms with Crippen LogP contribution in [0.2, 0.25) is 0 Å². The lowest BCUT2D eigenvalue weighted by molar-refractivity contribution is 0.577. The van der Waals surface area contributed by atoms with Gasteiger partial charge in [-0.25, -0.2) is 0 Å². The summed E-state index contributed by atoms with van der Waals surface area (Å²) in [7, 11) is 0. The first-order valence-corrected chi connectivity index (χ1v) is 24.7. The van der Waals surface area contributed by atoms with Crippen molar-refractivity contribution in [2.75, 3.05) is 4.90 Å². The van der Waals surface area contributed by atoms with Crippen LogP contribution in [0.1, 0.15) is 18.9 Å². The van der Waals surface area contributed by atoms with Gasteiger partial charge in [0, 0.05) is 45.2 Å². The first-order chi connectivity index (χ1) is 35.1. The summed E-state index contributed by atoms with van der Waals surface area (Å²) in [4.78, 5) is 2.52. The first kappa shape index (κ1) is 42.1. The first-order valence-electron chi connectivity index (χ1n) is 24.7. The van der Waals surface area contributed by atoms with Crippen LogP contribution < -0.4 is 4.90 Å². The highest BCUT2D eigenvalue weighted by Gasteiger charge is 2.33. The molecule has 12 aromatic rings. The van der Waals surface area contributed by atoms with E-state index in [1.54, 1.807) is 0 Å². The number of benzene rings is 11. The van der Waals surface area contributed by atoms with E-state index in [1.165, 1.54) is 99.1 Å². The van der Waals surface area contributed by atoms with Crippen molar-refractivity contribution in [1.82, 2.24) is 4.57 Å². The van der Waals surface area contributed by atoms with Crippen LogP contribution in [0.3, 0.4) is 0 Å². The Balaban J connectivity index is 0.958. The fourth-order valence-corrected chi connectivity index (χ4v) is 11.5. The molecule has 1 heterocycles. The summed E-state index contributed by atoms with van der Waals surface area (Å²) >= 11 is 0. The summed E-state index contributed by atoms with van der Waals surface area (Å²) in [6, 6.07) is 93.4. The zero-order valence-electron chi connectivity index (χ0n) is 39.6. The molecule has 0 fully saturated rings. The average molecular weight is 907 g/mol. The highest BCUT2D eigenvalue weighted by atomic mass is 15.2. The van der Waals surface area contributed by atoms with Gasteiger partial charge in [-0.3, -0.25) is 0 Å². The second-order valence-electron chi connectivity index (χ2n) is 19.1. The Kier molecular flexibility index (Phi) is 10.4. The van der Waals surface area contributed by atoms with Crippen molar-refractivity contribution in [3.63, 3.8) is 0 Å². The van der Waals surface area contributed by atoms with Gasteiger partial charge in [0.1, 0.15) is 0 Å². The van der Waals surface area contributed by atoms with Crippen LogP contribution in [0.4, 0.5) is 11.4 Å². The van der Waals surface area contributed by atoms with Crippen molar-refractivity contribution in [1.29, 1.82) is 0 Å². The van der Waals surface area contributed by atoms with Crippen LogP contribution in [-0.2, 0) is 5.41 Å². The molecule has 11 aromatic carbocycles. The molecule has 1 atom stereocenters. The predicted molar refractivity (Wildman–Crippen MR) is 302 cm³/mol. The SMILES string of the molecule is CC1(c2ccccc2-c2ccccc2-c2ccccc2)C=CC=C(N(c2ccc(-c3cccc4c3ccc3ccccc34)cc2)c2ccccc2-c2ccc3c(c2)c2ccccc2n3-c2ccccc2)C1. The molecule has 71 heavy (non-hydrogen) atoms. The Morgan fingerprint density at radius 1 is 0.394 bits per heavy atom. The van der Waals surface area contributed by atoms with E-state index < -0.39 is 0 Å². The molecule has 0 bridgehead atoms. The molecule has 0 saturated carbocycles. The minimum absolute atomic E-state index is 0.332. The van der Waals surface area contributed by atoms with Gasteiger partial charge in [0.25, 0.3) is 0 Å². The van der Waals surface area contributed by atoms with Crippen LogP contribution in [-0.4, -0.2) is 4.57 Å². The van der Waals surface area contributed by atoms with E-state index in [4.69, 9.17) is 0 Å².